The third kappa shape index (κ3) is 4.15. The summed E-state index contributed by atoms with van der Waals surface area (Å²) in [5, 5.41) is 13.0. The van der Waals surface area contributed by atoms with E-state index in [1.807, 2.05) is 24.3 Å². The molecule has 0 aliphatic rings. The van der Waals surface area contributed by atoms with E-state index < -0.39 is 0 Å². The molecule has 1 atom stereocenters. The van der Waals surface area contributed by atoms with Gasteiger partial charge in [-0.15, -0.1) is 0 Å². The Balaban J connectivity index is 2.18. The van der Waals surface area contributed by atoms with Gasteiger partial charge in [0.05, 0.1) is 12.3 Å². The molecular weight excluding hydrogens is 262 g/mol. The summed E-state index contributed by atoms with van der Waals surface area (Å²) in [6.07, 6.45) is 0.982. The average molecular weight is 285 g/mol. The monoisotopic (exact) mass is 285 g/mol. The molecule has 3 heteroatoms. The maximum Gasteiger partial charge on any atom is 0.142 e. The summed E-state index contributed by atoms with van der Waals surface area (Å²) in [6, 6.07) is 13.5. The van der Waals surface area contributed by atoms with E-state index in [4.69, 9.17) is 4.74 Å². The molecule has 0 aliphatic heterocycles. The van der Waals surface area contributed by atoms with Gasteiger partial charge in [0.1, 0.15) is 11.5 Å². The second-order valence-corrected chi connectivity index (χ2v) is 5.31. The first-order chi connectivity index (χ1) is 10.1. The number of anilines is 1. The van der Waals surface area contributed by atoms with Gasteiger partial charge in [-0.1, -0.05) is 25.1 Å². The predicted molar refractivity (Wildman–Crippen MR) is 87.1 cm³/mol. The minimum atomic E-state index is 0.0868. The Bertz CT molecular complexity index is 596. The molecule has 0 aliphatic carbocycles. The molecule has 0 heterocycles. The zero-order chi connectivity index (χ0) is 15.2. The third-order valence-corrected chi connectivity index (χ3v) is 3.34. The van der Waals surface area contributed by atoms with Crippen molar-refractivity contribution in [3.63, 3.8) is 0 Å². The molecule has 0 aromatic heterocycles. The van der Waals surface area contributed by atoms with Crippen molar-refractivity contribution in [3.05, 3.63) is 53.6 Å². The Labute approximate surface area is 126 Å². The molecule has 0 bridgehead atoms. The normalized spacial score (nSPS) is 12.0. The second-order valence-electron chi connectivity index (χ2n) is 5.31. The standard InChI is InChI=1S/C18H23NO2/c1-4-10-21-18-11-13(2)8-9-17(18)19-14(3)15-6-5-7-16(20)12-15/h5-9,11-12,14,19-20H,4,10H2,1-3H3. The zero-order valence-electron chi connectivity index (χ0n) is 12.9. The van der Waals surface area contributed by atoms with Crippen molar-refractivity contribution in [1.29, 1.82) is 0 Å². The van der Waals surface area contributed by atoms with Gasteiger partial charge in [0, 0.05) is 6.04 Å². The Morgan fingerprint density at radius 3 is 2.71 bits per heavy atom. The maximum absolute atomic E-state index is 9.58. The molecule has 2 aromatic rings. The lowest BCUT2D eigenvalue weighted by Crippen LogP contribution is -2.08. The highest BCUT2D eigenvalue weighted by Gasteiger charge is 2.10. The molecular formula is C18H23NO2. The van der Waals surface area contributed by atoms with E-state index in [0.717, 1.165) is 23.4 Å². The van der Waals surface area contributed by atoms with Gasteiger partial charge < -0.3 is 15.2 Å². The molecule has 0 spiro atoms. The van der Waals surface area contributed by atoms with E-state index in [-0.39, 0.29) is 11.8 Å². The van der Waals surface area contributed by atoms with Crippen LogP contribution in [0.5, 0.6) is 11.5 Å². The first kappa shape index (κ1) is 15.2. The number of hydrogen-bond acceptors (Lipinski definition) is 3. The summed E-state index contributed by atoms with van der Waals surface area (Å²) in [5.74, 6) is 1.16. The minimum Gasteiger partial charge on any atom is -0.508 e. The molecule has 112 valence electrons. The largest absolute Gasteiger partial charge is 0.508 e. The number of aromatic hydroxyl groups is 1. The quantitative estimate of drug-likeness (QED) is 0.811. The molecule has 0 saturated carbocycles. The Morgan fingerprint density at radius 1 is 1.19 bits per heavy atom. The van der Waals surface area contributed by atoms with Crippen LogP contribution in [0.2, 0.25) is 0 Å². The zero-order valence-corrected chi connectivity index (χ0v) is 12.9. The van der Waals surface area contributed by atoms with E-state index in [2.05, 4.69) is 32.2 Å². The predicted octanol–water partition coefficient (Wildman–Crippen LogP) is 4.66. The molecule has 0 fully saturated rings. The van der Waals surface area contributed by atoms with E-state index in [0.29, 0.717) is 6.61 Å². The van der Waals surface area contributed by atoms with Crippen molar-refractivity contribution >= 4 is 5.69 Å². The number of aryl methyl sites for hydroxylation is 1. The van der Waals surface area contributed by atoms with Crippen molar-refractivity contribution in [1.82, 2.24) is 0 Å². The van der Waals surface area contributed by atoms with Crippen molar-refractivity contribution in [2.45, 2.75) is 33.2 Å². The minimum absolute atomic E-state index is 0.0868. The van der Waals surface area contributed by atoms with Crippen LogP contribution in [0.3, 0.4) is 0 Å². The number of phenolic OH excluding ortho intramolecular Hbond substituents is 1. The van der Waals surface area contributed by atoms with Crippen LogP contribution in [0.1, 0.15) is 37.4 Å². The summed E-state index contributed by atoms with van der Waals surface area (Å²) < 4.78 is 5.82. The summed E-state index contributed by atoms with van der Waals surface area (Å²) in [7, 11) is 0. The highest BCUT2D eigenvalue weighted by molar-refractivity contribution is 5.58. The highest BCUT2D eigenvalue weighted by Crippen LogP contribution is 2.30. The molecule has 2 aromatic carbocycles. The lowest BCUT2D eigenvalue weighted by atomic mass is 10.1. The van der Waals surface area contributed by atoms with Crippen LogP contribution in [0, 0.1) is 6.92 Å². The molecule has 0 amide bonds. The van der Waals surface area contributed by atoms with Crippen LogP contribution in [0.25, 0.3) is 0 Å². The first-order valence-electron chi connectivity index (χ1n) is 7.39. The molecule has 3 nitrogen and oxygen atoms in total. The van der Waals surface area contributed by atoms with Crippen LogP contribution in [-0.2, 0) is 0 Å². The first-order valence-corrected chi connectivity index (χ1v) is 7.39. The van der Waals surface area contributed by atoms with Gasteiger partial charge in [-0.3, -0.25) is 0 Å². The Morgan fingerprint density at radius 2 is 2.00 bits per heavy atom. The van der Waals surface area contributed by atoms with Crippen molar-refractivity contribution in [2.24, 2.45) is 0 Å². The Hall–Kier alpha value is -2.16. The van der Waals surface area contributed by atoms with Gasteiger partial charge in [0.25, 0.3) is 0 Å². The fourth-order valence-corrected chi connectivity index (χ4v) is 2.19. The number of hydrogen-bond donors (Lipinski definition) is 2. The molecule has 0 radical (unpaired) electrons. The number of benzene rings is 2. The van der Waals surface area contributed by atoms with Gasteiger partial charge in [-0.2, -0.15) is 0 Å². The van der Waals surface area contributed by atoms with E-state index >= 15 is 0 Å². The lowest BCUT2D eigenvalue weighted by Gasteiger charge is -2.19. The average Bonchev–Trinajstić information content (AvgIpc) is 2.47. The smallest absolute Gasteiger partial charge is 0.142 e. The fraction of sp³-hybridized carbons (Fsp3) is 0.333. The summed E-state index contributed by atoms with van der Waals surface area (Å²) in [5.41, 5.74) is 3.19. The van der Waals surface area contributed by atoms with Gasteiger partial charge in [-0.25, -0.2) is 0 Å². The lowest BCUT2D eigenvalue weighted by molar-refractivity contribution is 0.318. The number of rotatable bonds is 6. The third-order valence-electron chi connectivity index (χ3n) is 3.34. The topological polar surface area (TPSA) is 41.5 Å². The molecule has 2 N–H and O–H groups in total. The fourth-order valence-electron chi connectivity index (χ4n) is 2.19. The van der Waals surface area contributed by atoms with Crippen molar-refractivity contribution < 1.29 is 9.84 Å². The van der Waals surface area contributed by atoms with Crippen LogP contribution >= 0.6 is 0 Å². The molecule has 2 rings (SSSR count). The molecule has 21 heavy (non-hydrogen) atoms. The SMILES string of the molecule is CCCOc1cc(C)ccc1NC(C)c1cccc(O)c1. The second kappa shape index (κ2) is 7.02. The molecule has 1 unspecified atom stereocenters. The van der Waals surface area contributed by atoms with Crippen LogP contribution in [-0.4, -0.2) is 11.7 Å². The number of ether oxygens (including phenoxy) is 1. The summed E-state index contributed by atoms with van der Waals surface area (Å²) in [6.45, 7) is 6.93. The Kier molecular flexibility index (Phi) is 5.09. The summed E-state index contributed by atoms with van der Waals surface area (Å²) in [4.78, 5) is 0. The van der Waals surface area contributed by atoms with Gasteiger partial charge >= 0.3 is 0 Å². The van der Waals surface area contributed by atoms with Gasteiger partial charge in [-0.05, 0) is 55.7 Å². The highest BCUT2D eigenvalue weighted by atomic mass is 16.5. The summed E-state index contributed by atoms with van der Waals surface area (Å²) >= 11 is 0. The molecule has 0 saturated heterocycles. The number of phenols is 1. The van der Waals surface area contributed by atoms with Crippen LogP contribution in [0.4, 0.5) is 5.69 Å². The van der Waals surface area contributed by atoms with Gasteiger partial charge in [0.2, 0.25) is 0 Å². The van der Waals surface area contributed by atoms with Crippen LogP contribution in [0.15, 0.2) is 42.5 Å². The van der Waals surface area contributed by atoms with E-state index in [9.17, 15) is 5.11 Å². The van der Waals surface area contributed by atoms with E-state index in [1.165, 1.54) is 5.56 Å². The van der Waals surface area contributed by atoms with Crippen LogP contribution < -0.4 is 10.1 Å². The van der Waals surface area contributed by atoms with Crippen molar-refractivity contribution in [2.75, 3.05) is 11.9 Å². The number of nitrogens with one attached hydrogen (secondary N) is 1. The van der Waals surface area contributed by atoms with Gasteiger partial charge in [0.15, 0.2) is 0 Å². The van der Waals surface area contributed by atoms with Crippen molar-refractivity contribution in [3.8, 4) is 11.5 Å². The van der Waals surface area contributed by atoms with E-state index in [1.54, 1.807) is 12.1 Å². The maximum atomic E-state index is 9.58.